The molecule has 2 aromatic heterocycles. The van der Waals surface area contributed by atoms with Crippen LogP contribution >= 0.6 is 11.3 Å². The van der Waals surface area contributed by atoms with Crippen LogP contribution in [0.15, 0.2) is 23.8 Å². The molecule has 102 valence electrons. The molecule has 19 heavy (non-hydrogen) atoms. The summed E-state index contributed by atoms with van der Waals surface area (Å²) < 4.78 is 5.67. The number of anilines is 1. The first-order valence-electron chi connectivity index (χ1n) is 6.41. The fraction of sp³-hybridized carbons (Fsp3) is 0.429. The van der Waals surface area contributed by atoms with Crippen LogP contribution in [-0.2, 0) is 6.42 Å². The minimum absolute atomic E-state index is 0.124. The Kier molecular flexibility index (Phi) is 4.74. The maximum absolute atomic E-state index is 5.67. The molecule has 0 aromatic carbocycles. The maximum Gasteiger partial charge on any atom is 0.237 e. The van der Waals surface area contributed by atoms with Gasteiger partial charge in [0.15, 0.2) is 0 Å². The van der Waals surface area contributed by atoms with Gasteiger partial charge < -0.3 is 10.1 Å². The lowest BCUT2D eigenvalue weighted by Crippen LogP contribution is -2.11. The summed E-state index contributed by atoms with van der Waals surface area (Å²) in [6.45, 7) is 6.89. The van der Waals surface area contributed by atoms with Crippen molar-refractivity contribution in [3.05, 3.63) is 34.4 Å². The van der Waals surface area contributed by atoms with Crippen molar-refractivity contribution < 1.29 is 4.74 Å². The highest BCUT2D eigenvalue weighted by atomic mass is 32.1. The molecule has 0 atom stereocenters. The average molecular weight is 277 g/mol. The second-order valence-electron chi connectivity index (χ2n) is 4.56. The zero-order valence-electron chi connectivity index (χ0n) is 11.5. The molecule has 0 amide bonds. The average Bonchev–Trinajstić information content (AvgIpc) is 2.77. The fourth-order valence-corrected chi connectivity index (χ4v) is 2.50. The van der Waals surface area contributed by atoms with E-state index < -0.39 is 0 Å². The Labute approximate surface area is 117 Å². The van der Waals surface area contributed by atoms with Crippen LogP contribution in [0.2, 0.25) is 0 Å². The topological polar surface area (TPSA) is 47.0 Å². The van der Waals surface area contributed by atoms with E-state index in [0.29, 0.717) is 5.88 Å². The van der Waals surface area contributed by atoms with Gasteiger partial charge in [0.05, 0.1) is 23.0 Å². The number of thiazole rings is 1. The highest BCUT2D eigenvalue weighted by Gasteiger charge is 2.07. The van der Waals surface area contributed by atoms with Gasteiger partial charge in [0.2, 0.25) is 5.88 Å². The highest BCUT2D eigenvalue weighted by molar-refractivity contribution is 7.09. The molecule has 0 saturated carbocycles. The van der Waals surface area contributed by atoms with E-state index in [1.54, 1.807) is 17.5 Å². The van der Waals surface area contributed by atoms with Gasteiger partial charge >= 0.3 is 0 Å². The Balaban J connectivity index is 1.94. The molecule has 5 heteroatoms. The van der Waals surface area contributed by atoms with Gasteiger partial charge in [-0.3, -0.25) is 0 Å². The molecule has 0 radical (unpaired) electrons. The third kappa shape index (κ3) is 3.92. The molecular formula is C14H19N3OS. The van der Waals surface area contributed by atoms with E-state index in [1.165, 1.54) is 4.88 Å². The maximum atomic E-state index is 5.67. The lowest BCUT2D eigenvalue weighted by Gasteiger charge is -2.13. The van der Waals surface area contributed by atoms with Crippen molar-refractivity contribution >= 4 is 17.0 Å². The molecule has 0 aliphatic carbocycles. The number of ether oxygens (including phenoxy) is 1. The van der Waals surface area contributed by atoms with E-state index in [1.807, 2.05) is 38.4 Å². The third-order valence-electron chi connectivity index (χ3n) is 2.63. The molecule has 0 saturated heterocycles. The molecule has 2 rings (SSSR count). The smallest absolute Gasteiger partial charge is 0.237 e. The van der Waals surface area contributed by atoms with Gasteiger partial charge in [-0.05, 0) is 32.9 Å². The molecule has 0 spiro atoms. The molecule has 0 bridgehead atoms. The van der Waals surface area contributed by atoms with E-state index in [0.717, 1.165) is 24.3 Å². The number of nitrogens with one attached hydrogen (secondary N) is 1. The second kappa shape index (κ2) is 6.52. The van der Waals surface area contributed by atoms with Crippen molar-refractivity contribution in [2.75, 3.05) is 11.9 Å². The molecule has 2 heterocycles. The van der Waals surface area contributed by atoms with Crippen LogP contribution in [0.5, 0.6) is 5.88 Å². The van der Waals surface area contributed by atoms with Gasteiger partial charge in [-0.2, -0.15) is 0 Å². The van der Waals surface area contributed by atoms with Crippen LogP contribution < -0.4 is 10.1 Å². The molecule has 0 aliphatic rings. The fourth-order valence-electron chi connectivity index (χ4n) is 1.72. The van der Waals surface area contributed by atoms with Gasteiger partial charge in [0.25, 0.3) is 0 Å². The van der Waals surface area contributed by atoms with Crippen molar-refractivity contribution in [2.24, 2.45) is 0 Å². The standard InChI is InChI=1S/C14H19N3OS/c1-10(2)18-14-12(5-4-7-16-14)15-8-6-13-11(3)17-9-19-13/h4-5,7,9-10,15H,6,8H2,1-3H3. The van der Waals surface area contributed by atoms with Crippen LogP contribution in [0.25, 0.3) is 0 Å². The first kappa shape index (κ1) is 13.8. The Hall–Kier alpha value is -1.62. The van der Waals surface area contributed by atoms with E-state index in [2.05, 4.69) is 15.3 Å². The Morgan fingerprint density at radius 2 is 2.21 bits per heavy atom. The number of aryl methyl sites for hydroxylation is 1. The summed E-state index contributed by atoms with van der Waals surface area (Å²) in [6.07, 6.45) is 2.84. The van der Waals surface area contributed by atoms with Crippen LogP contribution in [0, 0.1) is 6.92 Å². The highest BCUT2D eigenvalue weighted by Crippen LogP contribution is 2.22. The number of aromatic nitrogens is 2. The summed E-state index contributed by atoms with van der Waals surface area (Å²) in [5, 5.41) is 3.38. The van der Waals surface area contributed by atoms with Gasteiger partial charge in [-0.25, -0.2) is 9.97 Å². The molecule has 4 nitrogen and oxygen atoms in total. The number of nitrogens with zero attached hydrogens (tertiary/aromatic N) is 2. The van der Waals surface area contributed by atoms with Crippen molar-refractivity contribution in [3.63, 3.8) is 0 Å². The number of hydrogen-bond acceptors (Lipinski definition) is 5. The van der Waals surface area contributed by atoms with E-state index >= 15 is 0 Å². The van der Waals surface area contributed by atoms with Crippen molar-refractivity contribution in [2.45, 2.75) is 33.3 Å². The van der Waals surface area contributed by atoms with Crippen molar-refractivity contribution in [1.29, 1.82) is 0 Å². The molecule has 0 aliphatic heterocycles. The van der Waals surface area contributed by atoms with Crippen LogP contribution in [0.4, 0.5) is 5.69 Å². The summed E-state index contributed by atoms with van der Waals surface area (Å²) in [4.78, 5) is 9.83. The van der Waals surface area contributed by atoms with Crippen molar-refractivity contribution in [1.82, 2.24) is 9.97 Å². The van der Waals surface area contributed by atoms with E-state index in [9.17, 15) is 0 Å². The van der Waals surface area contributed by atoms with Crippen LogP contribution in [0.1, 0.15) is 24.4 Å². The zero-order chi connectivity index (χ0) is 13.7. The Morgan fingerprint density at radius 1 is 1.37 bits per heavy atom. The number of rotatable bonds is 6. The first-order valence-corrected chi connectivity index (χ1v) is 7.29. The quantitative estimate of drug-likeness (QED) is 0.880. The summed E-state index contributed by atoms with van der Waals surface area (Å²) in [6, 6.07) is 3.90. The Bertz CT molecular complexity index is 525. The summed E-state index contributed by atoms with van der Waals surface area (Å²) >= 11 is 1.70. The molecule has 0 unspecified atom stereocenters. The third-order valence-corrected chi connectivity index (χ3v) is 3.63. The predicted octanol–water partition coefficient (Wildman–Crippen LogP) is 3.29. The predicted molar refractivity (Wildman–Crippen MR) is 79.0 cm³/mol. The monoisotopic (exact) mass is 277 g/mol. The SMILES string of the molecule is Cc1ncsc1CCNc1cccnc1OC(C)C. The Morgan fingerprint density at radius 3 is 2.89 bits per heavy atom. The second-order valence-corrected chi connectivity index (χ2v) is 5.50. The van der Waals surface area contributed by atoms with E-state index in [-0.39, 0.29) is 6.10 Å². The van der Waals surface area contributed by atoms with E-state index in [4.69, 9.17) is 4.74 Å². The van der Waals surface area contributed by atoms with Gasteiger partial charge in [0, 0.05) is 24.0 Å². The lowest BCUT2D eigenvalue weighted by atomic mass is 10.3. The van der Waals surface area contributed by atoms with Gasteiger partial charge in [-0.1, -0.05) is 0 Å². The number of hydrogen-bond donors (Lipinski definition) is 1. The molecule has 0 fully saturated rings. The van der Waals surface area contributed by atoms with Crippen LogP contribution in [0.3, 0.4) is 0 Å². The molecular weight excluding hydrogens is 258 g/mol. The normalized spacial score (nSPS) is 10.7. The van der Waals surface area contributed by atoms with Crippen molar-refractivity contribution in [3.8, 4) is 5.88 Å². The zero-order valence-corrected chi connectivity index (χ0v) is 12.3. The number of pyridine rings is 1. The summed E-state index contributed by atoms with van der Waals surface area (Å²) in [5.74, 6) is 0.665. The van der Waals surface area contributed by atoms with Crippen LogP contribution in [-0.4, -0.2) is 22.6 Å². The van der Waals surface area contributed by atoms with Gasteiger partial charge in [0.1, 0.15) is 0 Å². The minimum atomic E-state index is 0.124. The largest absolute Gasteiger partial charge is 0.473 e. The summed E-state index contributed by atoms with van der Waals surface area (Å²) in [7, 11) is 0. The first-order chi connectivity index (χ1) is 9.16. The minimum Gasteiger partial charge on any atom is -0.473 e. The van der Waals surface area contributed by atoms with Gasteiger partial charge in [-0.15, -0.1) is 11.3 Å². The lowest BCUT2D eigenvalue weighted by molar-refractivity contribution is 0.234. The molecule has 1 N–H and O–H groups in total. The molecule has 2 aromatic rings. The summed E-state index contributed by atoms with van der Waals surface area (Å²) in [5.41, 5.74) is 3.96.